The Bertz CT molecular complexity index is 1560. The molecule has 2 fully saturated rings. The molecule has 0 saturated carbocycles. The molecular formula is C26H29ClF4N8O. The van der Waals surface area contributed by atoms with Gasteiger partial charge in [-0.15, -0.1) is 10.2 Å². The Labute approximate surface area is 232 Å². The molecule has 14 heteroatoms. The van der Waals surface area contributed by atoms with Gasteiger partial charge in [-0.1, -0.05) is 11.6 Å². The Hall–Kier alpha value is -3.03. The second kappa shape index (κ2) is 10.1. The number of ether oxygens (including phenoxy) is 1. The van der Waals surface area contributed by atoms with Crippen molar-refractivity contribution < 1.29 is 22.3 Å². The second-order valence-corrected chi connectivity index (χ2v) is 11.1. The summed E-state index contributed by atoms with van der Waals surface area (Å²) in [6.07, 6.45) is -0.982. The van der Waals surface area contributed by atoms with Crippen LogP contribution in [0.2, 0.25) is 5.02 Å². The predicted octanol–water partition coefficient (Wildman–Crippen LogP) is 4.87. The highest BCUT2D eigenvalue weighted by Gasteiger charge is 2.36. The number of benzene rings is 1. The van der Waals surface area contributed by atoms with E-state index in [9.17, 15) is 17.6 Å². The molecule has 6 rings (SSSR count). The molecule has 4 aromatic rings. The molecule has 2 aliphatic rings. The predicted molar refractivity (Wildman–Crippen MR) is 141 cm³/mol. The van der Waals surface area contributed by atoms with Crippen molar-refractivity contribution in [3.8, 4) is 0 Å². The summed E-state index contributed by atoms with van der Waals surface area (Å²) in [7, 11) is 0. The first kappa shape index (κ1) is 27.2. The van der Waals surface area contributed by atoms with Gasteiger partial charge in [0.25, 0.3) is 5.78 Å². The topological polar surface area (TPSA) is 76.6 Å². The summed E-state index contributed by atoms with van der Waals surface area (Å²) in [6.45, 7) is 8.60. The molecule has 2 saturated heterocycles. The first-order valence-corrected chi connectivity index (χ1v) is 13.6. The molecule has 1 aromatic carbocycles. The number of halogens is 5. The van der Waals surface area contributed by atoms with Gasteiger partial charge in [-0.25, -0.2) is 13.8 Å². The zero-order valence-electron chi connectivity index (χ0n) is 22.3. The molecule has 0 bridgehead atoms. The van der Waals surface area contributed by atoms with Crippen LogP contribution in [0.4, 0.5) is 23.4 Å². The van der Waals surface area contributed by atoms with Gasteiger partial charge >= 0.3 is 6.18 Å². The van der Waals surface area contributed by atoms with Crippen LogP contribution in [-0.2, 0) is 24.0 Å². The van der Waals surface area contributed by atoms with E-state index in [2.05, 4.69) is 19.7 Å². The van der Waals surface area contributed by atoms with E-state index in [1.165, 1.54) is 0 Å². The third kappa shape index (κ3) is 4.77. The van der Waals surface area contributed by atoms with Crippen molar-refractivity contribution in [1.29, 1.82) is 0 Å². The number of fused-ring (bicyclic) bond motifs is 3. The molecule has 0 aliphatic carbocycles. The Morgan fingerprint density at radius 2 is 1.93 bits per heavy atom. The summed E-state index contributed by atoms with van der Waals surface area (Å²) in [6, 6.07) is 1.86. The molecule has 0 radical (unpaired) electrons. The third-order valence-corrected chi connectivity index (χ3v) is 8.27. The number of rotatable bonds is 5. The lowest BCUT2D eigenvalue weighted by Gasteiger charge is -2.44. The molecule has 0 amide bonds. The van der Waals surface area contributed by atoms with Gasteiger partial charge in [0, 0.05) is 38.3 Å². The normalized spacial score (nSPS) is 22.7. The molecule has 9 nitrogen and oxygen atoms in total. The van der Waals surface area contributed by atoms with Crippen LogP contribution in [0.25, 0.3) is 16.9 Å². The minimum Gasteiger partial charge on any atom is -0.376 e. The summed E-state index contributed by atoms with van der Waals surface area (Å²) in [5.41, 5.74) is 0.628. The zero-order chi connectivity index (χ0) is 28.3. The molecule has 0 unspecified atom stereocenters. The van der Waals surface area contributed by atoms with Crippen molar-refractivity contribution in [1.82, 2.24) is 34.0 Å². The SMILES string of the molecule is Cc1nc2c(N3C[C@@H](C)N(Cc4cc(F)c(Cl)c(C(F)(F)F)c4)C[C@@H]3C)nc3nncn3c2n1C[C@@H]1CCCO1. The van der Waals surface area contributed by atoms with Crippen LogP contribution in [0.3, 0.4) is 0 Å². The molecule has 3 aromatic heterocycles. The standard InChI is InChI=1S/C26H29ClF4N8O/c1-14-10-37(15(2)9-36(14)11-17-7-19(26(29,30)31)21(27)20(28)8-17)23-22-24(39-13-32-35-25(39)34-23)38(16(3)33-22)12-18-5-4-6-40-18/h7-8,13-15,18H,4-6,9-12H2,1-3H3/t14-,15+,18+/m1/s1. The first-order valence-electron chi connectivity index (χ1n) is 13.2. The monoisotopic (exact) mass is 580 g/mol. The molecule has 0 spiro atoms. The van der Waals surface area contributed by atoms with Crippen LogP contribution < -0.4 is 4.90 Å². The van der Waals surface area contributed by atoms with Crippen LogP contribution in [0.15, 0.2) is 18.5 Å². The van der Waals surface area contributed by atoms with E-state index >= 15 is 0 Å². The maximum atomic E-state index is 14.3. The fourth-order valence-corrected chi connectivity index (χ4v) is 6.07. The molecule has 3 atom stereocenters. The van der Waals surface area contributed by atoms with E-state index in [4.69, 9.17) is 26.3 Å². The largest absolute Gasteiger partial charge is 0.417 e. The van der Waals surface area contributed by atoms with Gasteiger partial charge in [0.15, 0.2) is 11.5 Å². The Morgan fingerprint density at radius 3 is 2.65 bits per heavy atom. The highest BCUT2D eigenvalue weighted by atomic mass is 35.5. The van der Waals surface area contributed by atoms with Crippen molar-refractivity contribution in [3.05, 3.63) is 46.3 Å². The van der Waals surface area contributed by atoms with Gasteiger partial charge in [0.05, 0.1) is 23.2 Å². The maximum Gasteiger partial charge on any atom is 0.417 e. The van der Waals surface area contributed by atoms with Crippen LogP contribution in [0.5, 0.6) is 0 Å². The smallest absolute Gasteiger partial charge is 0.376 e. The van der Waals surface area contributed by atoms with Gasteiger partial charge in [-0.3, -0.25) is 4.90 Å². The Balaban J connectivity index is 1.31. The summed E-state index contributed by atoms with van der Waals surface area (Å²) < 4.78 is 64.4. The van der Waals surface area contributed by atoms with E-state index in [0.717, 1.165) is 48.6 Å². The number of imidazole rings is 1. The number of piperazine rings is 1. The molecule has 5 heterocycles. The van der Waals surface area contributed by atoms with E-state index in [0.29, 0.717) is 31.2 Å². The lowest BCUT2D eigenvalue weighted by molar-refractivity contribution is -0.137. The molecule has 2 aliphatic heterocycles. The highest BCUT2D eigenvalue weighted by Crippen LogP contribution is 2.37. The fraction of sp³-hybridized carbons (Fsp3) is 0.538. The van der Waals surface area contributed by atoms with Crippen molar-refractivity contribution in [2.45, 2.75) is 71.1 Å². The van der Waals surface area contributed by atoms with Crippen LogP contribution in [0, 0.1) is 12.7 Å². The van der Waals surface area contributed by atoms with E-state index < -0.39 is 22.6 Å². The number of aryl methyl sites for hydroxylation is 1. The summed E-state index contributed by atoms with van der Waals surface area (Å²) >= 11 is 5.62. The van der Waals surface area contributed by atoms with Crippen molar-refractivity contribution >= 4 is 34.4 Å². The lowest BCUT2D eigenvalue weighted by Crippen LogP contribution is -2.56. The number of hydrogen-bond donors (Lipinski definition) is 0. The minimum atomic E-state index is -4.74. The number of anilines is 1. The molecule has 40 heavy (non-hydrogen) atoms. The quantitative estimate of drug-likeness (QED) is 0.312. The lowest BCUT2D eigenvalue weighted by atomic mass is 10.0. The maximum absolute atomic E-state index is 14.3. The molecular weight excluding hydrogens is 552 g/mol. The Morgan fingerprint density at radius 1 is 1.12 bits per heavy atom. The van der Waals surface area contributed by atoms with Crippen LogP contribution in [0.1, 0.15) is 43.6 Å². The third-order valence-electron chi connectivity index (χ3n) is 7.88. The minimum absolute atomic E-state index is 0.0693. The average molecular weight is 581 g/mol. The summed E-state index contributed by atoms with van der Waals surface area (Å²) in [5, 5.41) is 7.39. The second-order valence-electron chi connectivity index (χ2n) is 10.7. The molecule has 214 valence electrons. The number of hydrogen-bond acceptors (Lipinski definition) is 7. The van der Waals surface area contributed by atoms with Gasteiger partial charge in [-0.2, -0.15) is 18.2 Å². The summed E-state index contributed by atoms with van der Waals surface area (Å²) in [5.74, 6) is 0.891. The van der Waals surface area contributed by atoms with Gasteiger partial charge in [0.1, 0.15) is 23.5 Å². The average Bonchev–Trinajstić information content (AvgIpc) is 3.63. The number of nitrogens with zero attached hydrogens (tertiary/aromatic N) is 8. The van der Waals surface area contributed by atoms with Gasteiger partial charge in [0.2, 0.25) is 0 Å². The zero-order valence-corrected chi connectivity index (χ0v) is 23.0. The fourth-order valence-electron chi connectivity index (χ4n) is 5.85. The van der Waals surface area contributed by atoms with Crippen molar-refractivity contribution in [2.24, 2.45) is 0 Å². The van der Waals surface area contributed by atoms with E-state index in [1.807, 2.05) is 30.1 Å². The van der Waals surface area contributed by atoms with Crippen LogP contribution >= 0.6 is 11.6 Å². The first-order chi connectivity index (χ1) is 19.0. The van der Waals surface area contributed by atoms with E-state index in [1.54, 1.807) is 6.33 Å². The highest BCUT2D eigenvalue weighted by molar-refractivity contribution is 6.31. The van der Waals surface area contributed by atoms with Gasteiger partial charge in [-0.05, 0) is 51.3 Å². The Kier molecular flexibility index (Phi) is 6.86. The van der Waals surface area contributed by atoms with Crippen molar-refractivity contribution in [2.75, 3.05) is 24.6 Å². The van der Waals surface area contributed by atoms with Crippen LogP contribution in [-0.4, -0.2) is 71.9 Å². The van der Waals surface area contributed by atoms with E-state index in [-0.39, 0.29) is 30.3 Å². The number of aromatic nitrogens is 6. The molecule has 0 N–H and O–H groups in total. The van der Waals surface area contributed by atoms with Crippen molar-refractivity contribution in [3.63, 3.8) is 0 Å². The number of alkyl halides is 3. The summed E-state index contributed by atoms with van der Waals surface area (Å²) in [4.78, 5) is 13.9. The van der Waals surface area contributed by atoms with Gasteiger partial charge < -0.3 is 14.2 Å².